The predicted molar refractivity (Wildman–Crippen MR) is 81.3 cm³/mol. The monoisotopic (exact) mass is 369 g/mol. The van der Waals surface area contributed by atoms with Crippen molar-refractivity contribution in [1.82, 2.24) is 9.88 Å². The average Bonchev–Trinajstić information content (AvgIpc) is 3.01. The molecule has 0 saturated heterocycles. The number of amides is 2. The van der Waals surface area contributed by atoms with Crippen molar-refractivity contribution >= 4 is 44.2 Å². The predicted octanol–water partition coefficient (Wildman–Crippen LogP) is 2.66. The lowest BCUT2D eigenvalue weighted by atomic mass is 10.1. The number of nitrogens with one attached hydrogen (secondary N) is 1. The molecule has 110 valence electrons. The van der Waals surface area contributed by atoms with Crippen molar-refractivity contribution in [2.45, 2.75) is 19.9 Å². The molecule has 8 heteroatoms. The van der Waals surface area contributed by atoms with Gasteiger partial charge in [0.25, 0.3) is 5.91 Å². The van der Waals surface area contributed by atoms with Crippen molar-refractivity contribution in [3.05, 3.63) is 33.1 Å². The number of nitrogens with zero attached hydrogens (tertiary/aromatic N) is 2. The van der Waals surface area contributed by atoms with E-state index in [2.05, 4.69) is 26.2 Å². The molecule has 0 fully saturated rings. The Morgan fingerprint density at radius 1 is 1.48 bits per heavy atom. The van der Waals surface area contributed by atoms with Crippen LogP contribution < -0.4 is 5.32 Å². The maximum atomic E-state index is 12.3. The van der Waals surface area contributed by atoms with E-state index in [1.807, 2.05) is 0 Å². The van der Waals surface area contributed by atoms with Gasteiger partial charge in [-0.15, -0.1) is 0 Å². The van der Waals surface area contributed by atoms with Crippen LogP contribution in [0.3, 0.4) is 0 Å². The number of aromatic nitrogens is 1. The second-order valence-electron chi connectivity index (χ2n) is 4.65. The van der Waals surface area contributed by atoms with Crippen LogP contribution in [0.25, 0.3) is 0 Å². The zero-order chi connectivity index (χ0) is 15.0. The van der Waals surface area contributed by atoms with Crippen LogP contribution in [-0.4, -0.2) is 28.2 Å². The van der Waals surface area contributed by atoms with Gasteiger partial charge in [0.05, 0.1) is 12.2 Å². The molecule has 0 bridgehead atoms. The van der Waals surface area contributed by atoms with E-state index in [1.54, 1.807) is 17.0 Å². The van der Waals surface area contributed by atoms with E-state index in [9.17, 15) is 9.59 Å². The van der Waals surface area contributed by atoms with Crippen molar-refractivity contribution in [1.29, 1.82) is 0 Å². The Kier molecular flexibility index (Phi) is 3.81. The molecule has 2 aromatic heterocycles. The van der Waals surface area contributed by atoms with Gasteiger partial charge >= 0.3 is 0 Å². The quantitative estimate of drug-likeness (QED) is 0.882. The lowest BCUT2D eigenvalue weighted by Crippen LogP contribution is -2.35. The minimum absolute atomic E-state index is 0.138. The zero-order valence-electron chi connectivity index (χ0n) is 11.2. The smallest absolute Gasteiger partial charge is 0.289 e. The Bertz CT molecular complexity index is 709. The van der Waals surface area contributed by atoms with Crippen LogP contribution >= 0.6 is 27.3 Å². The maximum Gasteiger partial charge on any atom is 0.289 e. The molecular formula is C13H12BrN3O3S. The highest BCUT2D eigenvalue weighted by molar-refractivity contribution is 9.10. The molecule has 1 N–H and O–H groups in total. The van der Waals surface area contributed by atoms with Gasteiger partial charge in [0, 0.05) is 24.8 Å². The molecule has 2 amide bonds. The van der Waals surface area contributed by atoms with Gasteiger partial charge in [0.2, 0.25) is 5.91 Å². The molecule has 0 atom stereocenters. The van der Waals surface area contributed by atoms with E-state index in [-0.39, 0.29) is 11.8 Å². The fourth-order valence-electron chi connectivity index (χ4n) is 2.16. The van der Waals surface area contributed by atoms with Crippen molar-refractivity contribution in [2.75, 3.05) is 11.9 Å². The van der Waals surface area contributed by atoms with E-state index in [1.165, 1.54) is 18.3 Å². The number of carbonyl (C=O) groups is 2. The summed E-state index contributed by atoms with van der Waals surface area (Å²) in [6.45, 7) is 2.53. The second kappa shape index (κ2) is 5.61. The molecule has 0 spiro atoms. The number of fused-ring (bicyclic) bond motifs is 1. The third kappa shape index (κ3) is 3.01. The highest BCUT2D eigenvalue weighted by Crippen LogP contribution is 2.29. The maximum absolute atomic E-state index is 12.3. The first kappa shape index (κ1) is 14.3. The van der Waals surface area contributed by atoms with Crippen molar-refractivity contribution in [3.63, 3.8) is 0 Å². The summed E-state index contributed by atoms with van der Waals surface area (Å²) in [5, 5.41) is 3.27. The molecule has 6 nitrogen and oxygen atoms in total. The average molecular weight is 370 g/mol. The van der Waals surface area contributed by atoms with Crippen LogP contribution in [0, 0.1) is 0 Å². The molecule has 0 unspecified atom stereocenters. The lowest BCUT2D eigenvalue weighted by molar-refractivity contribution is -0.114. The van der Waals surface area contributed by atoms with Gasteiger partial charge in [-0.25, -0.2) is 4.98 Å². The molecule has 0 aliphatic carbocycles. The highest BCUT2D eigenvalue weighted by Gasteiger charge is 2.26. The van der Waals surface area contributed by atoms with Crippen molar-refractivity contribution in [2.24, 2.45) is 0 Å². The van der Waals surface area contributed by atoms with Crippen LogP contribution in [-0.2, 0) is 17.8 Å². The topological polar surface area (TPSA) is 75.4 Å². The van der Waals surface area contributed by atoms with E-state index in [4.69, 9.17) is 4.42 Å². The first-order valence-electron chi connectivity index (χ1n) is 6.33. The van der Waals surface area contributed by atoms with Crippen molar-refractivity contribution in [3.8, 4) is 0 Å². The van der Waals surface area contributed by atoms with Crippen LogP contribution in [0.5, 0.6) is 0 Å². The number of anilines is 1. The molecule has 3 heterocycles. The van der Waals surface area contributed by atoms with Crippen LogP contribution in [0.1, 0.15) is 28.0 Å². The Morgan fingerprint density at radius 3 is 2.95 bits per heavy atom. The summed E-state index contributed by atoms with van der Waals surface area (Å²) in [6.07, 6.45) is 0.680. The van der Waals surface area contributed by atoms with Gasteiger partial charge in [-0.2, -0.15) is 0 Å². The Balaban J connectivity index is 1.76. The summed E-state index contributed by atoms with van der Waals surface area (Å²) in [6, 6.07) is 3.35. The number of furan rings is 1. The van der Waals surface area contributed by atoms with E-state index in [0.717, 1.165) is 10.6 Å². The number of hydrogen-bond donors (Lipinski definition) is 1. The number of hydrogen-bond acceptors (Lipinski definition) is 5. The van der Waals surface area contributed by atoms with E-state index >= 15 is 0 Å². The van der Waals surface area contributed by atoms with Gasteiger partial charge in [-0.3, -0.25) is 9.59 Å². The minimum atomic E-state index is -0.144. The summed E-state index contributed by atoms with van der Waals surface area (Å²) < 4.78 is 5.84. The summed E-state index contributed by atoms with van der Waals surface area (Å²) >= 11 is 4.60. The number of thiazole rings is 1. The Labute approximate surface area is 133 Å². The molecule has 1 aliphatic heterocycles. The highest BCUT2D eigenvalue weighted by atomic mass is 79.9. The van der Waals surface area contributed by atoms with E-state index in [0.29, 0.717) is 35.1 Å². The van der Waals surface area contributed by atoms with Crippen LogP contribution in [0.4, 0.5) is 5.13 Å². The zero-order valence-corrected chi connectivity index (χ0v) is 13.6. The largest absolute Gasteiger partial charge is 0.444 e. The summed E-state index contributed by atoms with van der Waals surface area (Å²) in [7, 11) is 0. The SMILES string of the molecule is CC(=O)Nc1nc2c(s1)CN(C(=O)c1ccc(Br)o1)CC2. The number of carbonyl (C=O) groups excluding carboxylic acids is 2. The third-order valence-corrected chi connectivity index (χ3v) is 4.51. The minimum Gasteiger partial charge on any atom is -0.444 e. The van der Waals surface area contributed by atoms with Crippen LogP contribution in [0.2, 0.25) is 0 Å². The first-order chi connectivity index (χ1) is 10.0. The normalized spacial score (nSPS) is 13.9. The molecule has 0 saturated carbocycles. The molecule has 3 rings (SSSR count). The van der Waals surface area contributed by atoms with Gasteiger partial charge in [0.15, 0.2) is 15.6 Å². The summed E-state index contributed by atoms with van der Waals surface area (Å²) in [5.74, 6) is 0.0345. The summed E-state index contributed by atoms with van der Waals surface area (Å²) in [4.78, 5) is 30.5. The first-order valence-corrected chi connectivity index (χ1v) is 7.94. The van der Waals surface area contributed by atoms with Gasteiger partial charge < -0.3 is 14.6 Å². The molecule has 0 radical (unpaired) electrons. The standard InChI is InChI=1S/C13H12BrN3O3S/c1-7(18)15-13-16-8-4-5-17(6-10(8)21-13)12(19)9-2-3-11(14)20-9/h2-3H,4-6H2,1H3,(H,15,16,18). The van der Waals surface area contributed by atoms with Crippen LogP contribution in [0.15, 0.2) is 21.2 Å². The third-order valence-electron chi connectivity index (χ3n) is 3.09. The fraction of sp³-hybridized carbons (Fsp3) is 0.308. The van der Waals surface area contributed by atoms with Gasteiger partial charge in [0.1, 0.15) is 0 Å². The number of rotatable bonds is 2. The fourth-order valence-corrected chi connectivity index (χ4v) is 3.53. The summed E-state index contributed by atoms with van der Waals surface area (Å²) in [5.41, 5.74) is 0.952. The molecule has 1 aliphatic rings. The van der Waals surface area contributed by atoms with Gasteiger partial charge in [-0.1, -0.05) is 11.3 Å². The lowest BCUT2D eigenvalue weighted by Gasteiger charge is -2.25. The molecule has 2 aromatic rings. The molecular weight excluding hydrogens is 358 g/mol. The van der Waals surface area contributed by atoms with E-state index < -0.39 is 0 Å². The molecule has 21 heavy (non-hydrogen) atoms. The van der Waals surface area contributed by atoms with Gasteiger partial charge in [-0.05, 0) is 28.1 Å². The Hall–Kier alpha value is -1.67. The number of halogens is 1. The molecule has 0 aromatic carbocycles. The second-order valence-corrected chi connectivity index (χ2v) is 6.52. The van der Waals surface area contributed by atoms with Crippen molar-refractivity contribution < 1.29 is 14.0 Å². The Morgan fingerprint density at radius 2 is 2.29 bits per heavy atom.